The van der Waals surface area contributed by atoms with Crippen molar-refractivity contribution in [2.24, 2.45) is 0 Å². The highest BCUT2D eigenvalue weighted by atomic mass is 16.4. The van der Waals surface area contributed by atoms with Crippen molar-refractivity contribution >= 4 is 11.9 Å². The summed E-state index contributed by atoms with van der Waals surface area (Å²) in [5.74, 6) is -0.906. The van der Waals surface area contributed by atoms with Crippen LogP contribution in [0.2, 0.25) is 0 Å². The molecule has 5 nitrogen and oxygen atoms in total. The summed E-state index contributed by atoms with van der Waals surface area (Å²) in [6.45, 7) is 0.609. The number of likely N-dealkylation sites (N-methyl/N-ethyl adjacent to an activating group) is 1. The maximum absolute atomic E-state index is 12.1. The van der Waals surface area contributed by atoms with Gasteiger partial charge in [0.05, 0.1) is 40.2 Å². The van der Waals surface area contributed by atoms with Crippen molar-refractivity contribution in [1.29, 1.82) is 0 Å². The molecule has 0 aliphatic heterocycles. The molecule has 0 saturated heterocycles. The number of nitrogens with zero attached hydrogens (tertiary/aromatic N) is 1. The molecule has 0 bridgehead atoms. The van der Waals surface area contributed by atoms with Gasteiger partial charge in [-0.05, 0) is 24.8 Å². The van der Waals surface area contributed by atoms with Gasteiger partial charge in [-0.25, -0.2) is 0 Å². The maximum Gasteiger partial charge on any atom is 0.305 e. The Kier molecular flexibility index (Phi) is 9.96. The zero-order valence-electron chi connectivity index (χ0n) is 16.5. The van der Waals surface area contributed by atoms with Crippen LogP contribution < -0.4 is 5.32 Å². The van der Waals surface area contributed by atoms with Gasteiger partial charge in [0, 0.05) is 6.42 Å². The number of unbranched alkanes of at least 4 members (excludes halogenated alkanes) is 4. The third kappa shape index (κ3) is 11.6. The lowest BCUT2D eigenvalue weighted by Gasteiger charge is -2.29. The van der Waals surface area contributed by atoms with Gasteiger partial charge in [0.2, 0.25) is 5.91 Å². The van der Waals surface area contributed by atoms with Crippen LogP contribution in [0.15, 0.2) is 30.3 Å². The summed E-state index contributed by atoms with van der Waals surface area (Å²) < 4.78 is 0.625. The molecular formula is C21H35N2O3+. The Balaban J connectivity index is 2.14. The van der Waals surface area contributed by atoms with E-state index in [4.69, 9.17) is 5.11 Å². The number of aliphatic carboxylic acids is 1. The first-order chi connectivity index (χ1) is 12.3. The molecule has 0 aliphatic carbocycles. The van der Waals surface area contributed by atoms with E-state index in [2.05, 4.69) is 29.6 Å². The fraction of sp³-hybridized carbons (Fsp3) is 0.619. The first-order valence-corrected chi connectivity index (χ1v) is 9.62. The molecule has 0 aromatic heterocycles. The predicted octanol–water partition coefficient (Wildman–Crippen LogP) is 3.24. The van der Waals surface area contributed by atoms with Crippen LogP contribution in [0.4, 0.5) is 0 Å². The fourth-order valence-corrected chi connectivity index (χ4v) is 3.12. The molecule has 2 N–H and O–H groups in total. The van der Waals surface area contributed by atoms with Gasteiger partial charge in [-0.1, -0.05) is 49.6 Å². The Labute approximate surface area is 158 Å². The minimum atomic E-state index is -0.873. The quantitative estimate of drug-likeness (QED) is 0.418. The molecule has 1 unspecified atom stereocenters. The van der Waals surface area contributed by atoms with Crippen molar-refractivity contribution in [3.63, 3.8) is 0 Å². The summed E-state index contributed by atoms with van der Waals surface area (Å²) >= 11 is 0. The zero-order valence-corrected chi connectivity index (χ0v) is 16.5. The van der Waals surface area contributed by atoms with Gasteiger partial charge in [0.1, 0.15) is 0 Å². The van der Waals surface area contributed by atoms with Crippen LogP contribution in [0.1, 0.15) is 50.5 Å². The molecule has 1 aromatic rings. The molecule has 1 atom stereocenters. The minimum Gasteiger partial charge on any atom is -0.481 e. The van der Waals surface area contributed by atoms with Crippen molar-refractivity contribution in [3.8, 4) is 0 Å². The van der Waals surface area contributed by atoms with Crippen molar-refractivity contribution < 1.29 is 19.2 Å². The summed E-state index contributed by atoms with van der Waals surface area (Å²) in [6, 6.07) is 10.2. The molecule has 1 rings (SSSR count). The van der Waals surface area contributed by atoms with E-state index < -0.39 is 5.97 Å². The average molecular weight is 364 g/mol. The minimum absolute atomic E-state index is 0.0270. The highest BCUT2D eigenvalue weighted by molar-refractivity contribution is 5.77. The maximum atomic E-state index is 12.1. The molecule has 0 radical (unpaired) electrons. The van der Waals surface area contributed by atoms with Crippen molar-refractivity contribution in [3.05, 3.63) is 35.9 Å². The summed E-state index contributed by atoms with van der Waals surface area (Å²) in [5, 5.41) is 11.9. The van der Waals surface area contributed by atoms with E-state index in [9.17, 15) is 9.59 Å². The summed E-state index contributed by atoms with van der Waals surface area (Å²) in [7, 11) is 5.99. The summed E-state index contributed by atoms with van der Waals surface area (Å²) in [5.41, 5.74) is 1.38. The third-order valence-corrected chi connectivity index (χ3v) is 4.27. The summed E-state index contributed by atoms with van der Waals surface area (Å²) in [6.07, 6.45) is 6.97. The van der Waals surface area contributed by atoms with Gasteiger partial charge < -0.3 is 14.9 Å². The molecular weight excluding hydrogens is 328 g/mol. The predicted molar refractivity (Wildman–Crippen MR) is 105 cm³/mol. The second kappa shape index (κ2) is 11.7. The summed E-state index contributed by atoms with van der Waals surface area (Å²) in [4.78, 5) is 23.1. The highest BCUT2D eigenvalue weighted by Gasteiger charge is 2.22. The van der Waals surface area contributed by atoms with Crippen LogP contribution >= 0.6 is 0 Å². The topological polar surface area (TPSA) is 66.4 Å². The number of aryl methyl sites for hydroxylation is 1. The lowest BCUT2D eigenvalue weighted by atomic mass is 10.0. The van der Waals surface area contributed by atoms with Crippen molar-refractivity contribution in [2.75, 3.05) is 27.7 Å². The van der Waals surface area contributed by atoms with Gasteiger partial charge in [0.15, 0.2) is 0 Å². The van der Waals surface area contributed by atoms with Crippen LogP contribution in [-0.4, -0.2) is 55.2 Å². The largest absolute Gasteiger partial charge is 0.481 e. The van der Waals surface area contributed by atoms with Crippen molar-refractivity contribution in [1.82, 2.24) is 5.32 Å². The second-order valence-electron chi connectivity index (χ2n) is 8.09. The molecule has 1 amide bonds. The van der Waals surface area contributed by atoms with Crippen LogP contribution in [-0.2, 0) is 16.0 Å². The standard InChI is InChI=1S/C21H34N2O3/c1-23(2,3)17-19(16-21(25)26)22-20(24)15-11-6-4-5-8-12-18-13-9-7-10-14-18/h7,9-10,13-14,19H,4-6,8,11-12,15-17H2,1-3H3,(H-,22,24,25,26)/p+1. The number of carboxylic acids is 1. The van der Waals surface area contributed by atoms with Gasteiger partial charge in [-0.15, -0.1) is 0 Å². The smallest absolute Gasteiger partial charge is 0.305 e. The van der Waals surface area contributed by atoms with Crippen LogP contribution in [0, 0.1) is 0 Å². The van der Waals surface area contributed by atoms with Gasteiger partial charge >= 0.3 is 5.97 Å². The number of carbonyl (C=O) groups excluding carboxylic acids is 1. The van der Waals surface area contributed by atoms with Gasteiger partial charge in [-0.2, -0.15) is 0 Å². The molecule has 146 valence electrons. The number of quaternary nitrogens is 1. The van der Waals surface area contributed by atoms with E-state index >= 15 is 0 Å². The Bertz CT molecular complexity index is 538. The Morgan fingerprint density at radius 2 is 1.62 bits per heavy atom. The van der Waals surface area contributed by atoms with Crippen LogP contribution in [0.3, 0.4) is 0 Å². The van der Waals surface area contributed by atoms with Gasteiger partial charge in [0.25, 0.3) is 0 Å². The van der Waals surface area contributed by atoms with E-state index in [0.29, 0.717) is 17.4 Å². The molecule has 0 fully saturated rings. The van der Waals surface area contributed by atoms with Crippen molar-refractivity contribution in [2.45, 2.75) is 57.4 Å². The van der Waals surface area contributed by atoms with Crippen LogP contribution in [0.25, 0.3) is 0 Å². The molecule has 26 heavy (non-hydrogen) atoms. The highest BCUT2D eigenvalue weighted by Crippen LogP contribution is 2.10. The SMILES string of the molecule is C[N+](C)(C)CC(CC(=O)O)NC(=O)CCCCCCCc1ccccc1. The normalized spacial score (nSPS) is 12.6. The number of rotatable bonds is 13. The van der Waals surface area contributed by atoms with E-state index in [1.165, 1.54) is 18.4 Å². The van der Waals surface area contributed by atoms with Crippen LogP contribution in [0.5, 0.6) is 0 Å². The number of benzene rings is 1. The number of hydrogen-bond acceptors (Lipinski definition) is 2. The molecule has 0 spiro atoms. The number of carbonyl (C=O) groups is 2. The van der Waals surface area contributed by atoms with E-state index in [0.717, 1.165) is 25.7 Å². The Morgan fingerprint density at radius 3 is 2.23 bits per heavy atom. The number of carboxylic acid groups (broad SMARTS) is 1. The number of nitrogens with one attached hydrogen (secondary N) is 1. The van der Waals surface area contributed by atoms with E-state index in [1.54, 1.807) is 0 Å². The lowest BCUT2D eigenvalue weighted by Crippen LogP contribution is -2.49. The first kappa shape index (κ1) is 22.2. The average Bonchev–Trinajstić information content (AvgIpc) is 2.52. The van der Waals surface area contributed by atoms with Gasteiger partial charge in [-0.3, -0.25) is 9.59 Å². The Morgan fingerprint density at radius 1 is 1.00 bits per heavy atom. The van der Waals surface area contributed by atoms with E-state index in [-0.39, 0.29) is 18.4 Å². The lowest BCUT2D eigenvalue weighted by molar-refractivity contribution is -0.871. The number of hydrogen-bond donors (Lipinski definition) is 2. The first-order valence-electron chi connectivity index (χ1n) is 9.62. The zero-order chi connectivity index (χ0) is 19.4. The molecule has 0 saturated carbocycles. The Hall–Kier alpha value is -1.88. The number of amides is 1. The van der Waals surface area contributed by atoms with E-state index in [1.807, 2.05) is 27.2 Å². The molecule has 0 heterocycles. The second-order valence-corrected chi connectivity index (χ2v) is 8.09. The monoisotopic (exact) mass is 363 g/mol. The third-order valence-electron chi connectivity index (χ3n) is 4.27. The molecule has 5 heteroatoms. The fourth-order valence-electron chi connectivity index (χ4n) is 3.12. The molecule has 0 aliphatic rings. The molecule has 1 aromatic carbocycles.